The molecule has 27 heavy (non-hydrogen) atoms. The van der Waals surface area contributed by atoms with E-state index in [0.29, 0.717) is 6.04 Å². The van der Waals surface area contributed by atoms with Gasteiger partial charge in [-0.25, -0.2) is 4.98 Å². The Hall–Kier alpha value is -2.85. The first-order chi connectivity index (χ1) is 13.2. The molecule has 1 N–H and O–H groups in total. The van der Waals surface area contributed by atoms with Gasteiger partial charge >= 0.3 is 0 Å². The number of imidazole rings is 1. The van der Waals surface area contributed by atoms with Crippen LogP contribution in [0.15, 0.2) is 67.3 Å². The number of nitrogens with zero attached hydrogens (tertiary/aromatic N) is 3. The van der Waals surface area contributed by atoms with Crippen molar-refractivity contribution in [2.24, 2.45) is 7.05 Å². The lowest BCUT2D eigenvalue weighted by molar-refractivity contribution is 0.575. The Bertz CT molecular complexity index is 1040. The van der Waals surface area contributed by atoms with E-state index in [4.69, 9.17) is 0 Å². The molecule has 4 rings (SSSR count). The first-order valence-electron chi connectivity index (χ1n) is 9.54. The molecule has 0 radical (unpaired) electrons. The molecule has 2 heterocycles. The molecule has 138 valence electrons. The monoisotopic (exact) mass is 358 g/mol. The van der Waals surface area contributed by atoms with Crippen LogP contribution < -0.4 is 5.32 Å². The van der Waals surface area contributed by atoms with Gasteiger partial charge in [-0.2, -0.15) is 0 Å². The third-order valence-corrected chi connectivity index (χ3v) is 5.29. The number of aryl methyl sites for hydroxylation is 2. The van der Waals surface area contributed by atoms with Gasteiger partial charge in [-0.1, -0.05) is 36.4 Å². The maximum absolute atomic E-state index is 4.30. The quantitative estimate of drug-likeness (QED) is 0.531. The highest BCUT2D eigenvalue weighted by atomic mass is 15.0. The molecule has 1 unspecified atom stereocenters. The Morgan fingerprint density at radius 1 is 1.11 bits per heavy atom. The zero-order valence-electron chi connectivity index (χ0n) is 16.2. The normalized spacial score (nSPS) is 12.6. The van der Waals surface area contributed by atoms with Crippen molar-refractivity contribution in [3.63, 3.8) is 0 Å². The van der Waals surface area contributed by atoms with E-state index in [9.17, 15) is 0 Å². The molecule has 0 spiro atoms. The zero-order valence-corrected chi connectivity index (χ0v) is 16.2. The van der Waals surface area contributed by atoms with E-state index in [0.717, 1.165) is 18.8 Å². The number of rotatable bonds is 6. The van der Waals surface area contributed by atoms with Crippen molar-refractivity contribution in [3.05, 3.63) is 78.4 Å². The fourth-order valence-electron chi connectivity index (χ4n) is 3.67. The van der Waals surface area contributed by atoms with E-state index in [1.54, 1.807) is 0 Å². The molecule has 2 aromatic carbocycles. The van der Waals surface area contributed by atoms with Crippen molar-refractivity contribution >= 4 is 10.9 Å². The summed E-state index contributed by atoms with van der Waals surface area (Å²) in [6.45, 7) is 6.19. The first-order valence-corrected chi connectivity index (χ1v) is 9.54. The van der Waals surface area contributed by atoms with E-state index in [1.165, 1.54) is 27.6 Å². The van der Waals surface area contributed by atoms with Crippen LogP contribution in [0.25, 0.3) is 22.2 Å². The lowest BCUT2D eigenvalue weighted by atomic mass is 10.1. The largest absolute Gasteiger partial charge is 0.347 e. The van der Waals surface area contributed by atoms with Gasteiger partial charge in [-0.15, -0.1) is 0 Å². The minimum absolute atomic E-state index is 0.318. The van der Waals surface area contributed by atoms with E-state index in [2.05, 4.69) is 88.0 Å². The number of benzene rings is 2. The van der Waals surface area contributed by atoms with Gasteiger partial charge < -0.3 is 14.5 Å². The van der Waals surface area contributed by atoms with Gasteiger partial charge in [0.25, 0.3) is 0 Å². The Morgan fingerprint density at radius 2 is 1.93 bits per heavy atom. The molecule has 0 aliphatic carbocycles. The van der Waals surface area contributed by atoms with Crippen LogP contribution in [0, 0.1) is 0 Å². The van der Waals surface area contributed by atoms with E-state index >= 15 is 0 Å². The predicted molar refractivity (Wildman–Crippen MR) is 112 cm³/mol. The van der Waals surface area contributed by atoms with Crippen molar-refractivity contribution in [3.8, 4) is 11.3 Å². The van der Waals surface area contributed by atoms with Crippen molar-refractivity contribution in [2.75, 3.05) is 0 Å². The summed E-state index contributed by atoms with van der Waals surface area (Å²) in [5, 5.41) is 4.93. The molecule has 0 aliphatic heterocycles. The van der Waals surface area contributed by atoms with Crippen LogP contribution in [0.3, 0.4) is 0 Å². The maximum atomic E-state index is 4.30. The van der Waals surface area contributed by atoms with Crippen molar-refractivity contribution in [1.29, 1.82) is 0 Å². The molecule has 1 atom stereocenters. The minimum atomic E-state index is 0.318. The molecular weight excluding hydrogens is 332 g/mol. The average Bonchev–Trinajstić information content (AvgIpc) is 3.29. The smallest absolute Gasteiger partial charge is 0.0948 e. The molecule has 4 nitrogen and oxygen atoms in total. The van der Waals surface area contributed by atoms with Crippen LogP contribution in [0.5, 0.6) is 0 Å². The van der Waals surface area contributed by atoms with E-state index < -0.39 is 0 Å². The van der Waals surface area contributed by atoms with Crippen LogP contribution in [-0.4, -0.2) is 14.1 Å². The topological polar surface area (TPSA) is 34.8 Å². The highest BCUT2D eigenvalue weighted by molar-refractivity contribution is 5.95. The third-order valence-electron chi connectivity index (χ3n) is 5.29. The fourth-order valence-corrected chi connectivity index (χ4v) is 3.67. The Balaban J connectivity index is 1.64. The van der Waals surface area contributed by atoms with Crippen LogP contribution in [0.1, 0.15) is 31.0 Å². The third kappa shape index (κ3) is 3.40. The molecule has 0 saturated carbocycles. The second kappa shape index (κ2) is 7.41. The summed E-state index contributed by atoms with van der Waals surface area (Å²) in [6, 6.07) is 17.7. The number of hydrogen-bond donors (Lipinski definition) is 1. The van der Waals surface area contributed by atoms with Crippen LogP contribution in [0.2, 0.25) is 0 Å². The van der Waals surface area contributed by atoms with Crippen molar-refractivity contribution < 1.29 is 0 Å². The fraction of sp³-hybridized carbons (Fsp3) is 0.261. The molecular formula is C23H26N4. The SMILES string of the molecule is CCn1cc(-c2cncn2C)c2cc(CNC(C)c3ccccc3)ccc21. The highest BCUT2D eigenvalue weighted by Crippen LogP contribution is 2.31. The van der Waals surface area contributed by atoms with Gasteiger partial charge in [-0.05, 0) is 37.1 Å². The number of nitrogens with one attached hydrogen (secondary N) is 1. The Labute approximate surface area is 160 Å². The number of fused-ring (bicyclic) bond motifs is 1. The standard InChI is InChI=1S/C23H26N4/c1-4-27-15-21(23-14-24-16-26(23)3)20-12-18(10-11-22(20)27)13-25-17(2)19-8-6-5-7-9-19/h5-12,14-17,25H,4,13H2,1-3H3. The number of aromatic nitrogens is 3. The van der Waals surface area contributed by atoms with Gasteiger partial charge in [0.05, 0.1) is 18.2 Å². The zero-order chi connectivity index (χ0) is 18.8. The second-order valence-corrected chi connectivity index (χ2v) is 7.08. The van der Waals surface area contributed by atoms with E-state index in [-0.39, 0.29) is 0 Å². The van der Waals surface area contributed by atoms with Crippen molar-refractivity contribution in [2.45, 2.75) is 33.0 Å². The lowest BCUT2D eigenvalue weighted by Gasteiger charge is -2.14. The summed E-state index contributed by atoms with van der Waals surface area (Å²) < 4.78 is 4.39. The van der Waals surface area contributed by atoms with Gasteiger partial charge in [0, 0.05) is 48.8 Å². The first kappa shape index (κ1) is 17.6. The van der Waals surface area contributed by atoms with Crippen LogP contribution in [-0.2, 0) is 20.1 Å². The molecule has 4 heteroatoms. The maximum Gasteiger partial charge on any atom is 0.0948 e. The van der Waals surface area contributed by atoms with Gasteiger partial charge in [-0.3, -0.25) is 0 Å². The molecule has 0 aliphatic rings. The summed E-state index contributed by atoms with van der Waals surface area (Å²) in [7, 11) is 2.05. The molecule has 0 saturated heterocycles. The second-order valence-electron chi connectivity index (χ2n) is 7.08. The molecule has 0 bridgehead atoms. The summed E-state index contributed by atoms with van der Waals surface area (Å²) in [5.41, 5.74) is 6.27. The van der Waals surface area contributed by atoms with E-state index in [1.807, 2.05) is 19.6 Å². The summed E-state index contributed by atoms with van der Waals surface area (Å²) >= 11 is 0. The lowest BCUT2D eigenvalue weighted by Crippen LogP contribution is -2.17. The molecule has 0 fully saturated rings. The van der Waals surface area contributed by atoms with Crippen LogP contribution >= 0.6 is 0 Å². The molecule has 0 amide bonds. The average molecular weight is 358 g/mol. The molecule has 4 aromatic rings. The van der Waals surface area contributed by atoms with Crippen molar-refractivity contribution in [1.82, 2.24) is 19.4 Å². The van der Waals surface area contributed by atoms with Gasteiger partial charge in [0.15, 0.2) is 0 Å². The minimum Gasteiger partial charge on any atom is -0.347 e. The Kier molecular flexibility index (Phi) is 4.82. The highest BCUT2D eigenvalue weighted by Gasteiger charge is 2.13. The predicted octanol–water partition coefficient (Wildman–Crippen LogP) is 4.91. The Morgan fingerprint density at radius 3 is 2.63 bits per heavy atom. The van der Waals surface area contributed by atoms with Gasteiger partial charge in [0.1, 0.15) is 0 Å². The summed E-state index contributed by atoms with van der Waals surface area (Å²) in [6.07, 6.45) is 6.04. The number of hydrogen-bond acceptors (Lipinski definition) is 2. The summed E-state index contributed by atoms with van der Waals surface area (Å²) in [4.78, 5) is 4.30. The molecule has 2 aromatic heterocycles. The summed E-state index contributed by atoms with van der Waals surface area (Å²) in [5.74, 6) is 0. The van der Waals surface area contributed by atoms with Gasteiger partial charge in [0.2, 0.25) is 0 Å². The van der Waals surface area contributed by atoms with Crippen LogP contribution in [0.4, 0.5) is 0 Å².